The highest BCUT2D eigenvalue weighted by molar-refractivity contribution is 5.85. The predicted molar refractivity (Wildman–Crippen MR) is 125 cm³/mol. The number of aromatic nitrogens is 6. The Kier molecular flexibility index (Phi) is 5.64. The summed E-state index contributed by atoms with van der Waals surface area (Å²) in [6.07, 6.45) is 9.01. The van der Waals surface area contributed by atoms with Gasteiger partial charge in [-0.15, -0.1) is 0 Å². The number of nitrogens with zero attached hydrogens (tertiary/aromatic N) is 6. The van der Waals surface area contributed by atoms with Crippen molar-refractivity contribution in [1.82, 2.24) is 29.5 Å². The predicted octanol–water partition coefficient (Wildman–Crippen LogP) is 3.09. The van der Waals surface area contributed by atoms with Gasteiger partial charge in [-0.3, -0.25) is 9.97 Å². The van der Waals surface area contributed by atoms with Gasteiger partial charge < -0.3 is 21.4 Å². The summed E-state index contributed by atoms with van der Waals surface area (Å²) in [5.74, 6) is 1.83. The Morgan fingerprint density at radius 1 is 1.00 bits per heavy atom. The van der Waals surface area contributed by atoms with Crippen molar-refractivity contribution in [2.75, 3.05) is 17.6 Å². The zero-order chi connectivity index (χ0) is 21.9. The van der Waals surface area contributed by atoms with Crippen LogP contribution in [0.3, 0.4) is 0 Å². The first-order valence-corrected chi connectivity index (χ1v) is 11.1. The van der Waals surface area contributed by atoms with Crippen LogP contribution in [0.2, 0.25) is 0 Å². The molecule has 0 radical (unpaired) electrons. The minimum Gasteiger partial charge on any atom is -0.368 e. The van der Waals surface area contributed by atoms with E-state index in [1.54, 1.807) is 6.20 Å². The van der Waals surface area contributed by atoms with E-state index in [4.69, 9.17) is 16.5 Å². The van der Waals surface area contributed by atoms with Crippen LogP contribution in [0.5, 0.6) is 0 Å². The molecule has 32 heavy (non-hydrogen) atoms. The fourth-order valence-corrected chi connectivity index (χ4v) is 4.39. The minimum absolute atomic E-state index is 0.238. The Hall–Kier alpha value is -3.59. The van der Waals surface area contributed by atoms with Crippen molar-refractivity contribution < 1.29 is 0 Å². The molecule has 4 heterocycles. The highest BCUT2D eigenvalue weighted by atomic mass is 15.2. The van der Waals surface area contributed by atoms with Crippen molar-refractivity contribution >= 4 is 22.9 Å². The van der Waals surface area contributed by atoms with Gasteiger partial charge in [0.05, 0.1) is 11.4 Å². The highest BCUT2D eigenvalue weighted by Crippen LogP contribution is 2.34. The molecular weight excluding hydrogens is 402 g/mol. The van der Waals surface area contributed by atoms with Crippen molar-refractivity contribution in [2.24, 2.45) is 5.73 Å². The van der Waals surface area contributed by atoms with Crippen molar-refractivity contribution in [3.8, 4) is 11.4 Å². The number of nitrogens with two attached hydrogens (primary N) is 2. The quantitative estimate of drug-likeness (QED) is 0.408. The third-order valence-electron chi connectivity index (χ3n) is 5.90. The van der Waals surface area contributed by atoms with Gasteiger partial charge in [0.1, 0.15) is 5.82 Å². The van der Waals surface area contributed by atoms with Crippen molar-refractivity contribution in [3.63, 3.8) is 0 Å². The fraction of sp³-hybridized carbons (Fsp3) is 0.348. The molecule has 4 aromatic rings. The number of fused-ring (bicyclic) bond motifs is 1. The second-order valence-corrected chi connectivity index (χ2v) is 8.10. The monoisotopic (exact) mass is 429 g/mol. The van der Waals surface area contributed by atoms with Crippen molar-refractivity contribution in [1.29, 1.82) is 0 Å². The van der Waals surface area contributed by atoms with Crippen LogP contribution in [0.15, 0.2) is 42.7 Å². The minimum atomic E-state index is 0.238. The number of anilines is 2. The molecule has 1 fully saturated rings. The van der Waals surface area contributed by atoms with Gasteiger partial charge in [-0.2, -0.15) is 9.97 Å². The molecule has 9 nitrogen and oxygen atoms in total. The van der Waals surface area contributed by atoms with Crippen LogP contribution >= 0.6 is 0 Å². The van der Waals surface area contributed by atoms with Crippen LogP contribution in [0.1, 0.15) is 43.1 Å². The molecule has 0 aliphatic heterocycles. The Balaban J connectivity index is 1.42. The molecule has 164 valence electrons. The van der Waals surface area contributed by atoms with E-state index in [2.05, 4.69) is 29.8 Å². The Labute approximate surface area is 186 Å². The number of pyridine rings is 2. The summed E-state index contributed by atoms with van der Waals surface area (Å²) in [6.45, 7) is 1.08. The highest BCUT2D eigenvalue weighted by Gasteiger charge is 2.25. The average Bonchev–Trinajstić information content (AvgIpc) is 3.46. The summed E-state index contributed by atoms with van der Waals surface area (Å²) >= 11 is 0. The van der Waals surface area contributed by atoms with Crippen LogP contribution in [0.4, 0.5) is 11.8 Å². The molecule has 0 saturated heterocycles. The number of nitrogen functional groups attached to an aromatic ring is 1. The van der Waals surface area contributed by atoms with Crippen molar-refractivity contribution in [3.05, 3.63) is 54.1 Å². The third-order valence-corrected chi connectivity index (χ3v) is 5.90. The molecule has 0 bridgehead atoms. The van der Waals surface area contributed by atoms with Crippen molar-refractivity contribution in [2.45, 2.75) is 44.7 Å². The topological polar surface area (TPSA) is 133 Å². The molecule has 0 atom stereocenters. The zero-order valence-electron chi connectivity index (χ0n) is 17.9. The first kappa shape index (κ1) is 20.3. The van der Waals surface area contributed by atoms with Gasteiger partial charge in [-0.25, -0.2) is 4.98 Å². The summed E-state index contributed by atoms with van der Waals surface area (Å²) < 4.78 is 2.24. The number of nitrogens with one attached hydrogen (secondary N) is 1. The number of hydrogen-bond donors (Lipinski definition) is 3. The van der Waals surface area contributed by atoms with Gasteiger partial charge in [0.15, 0.2) is 17.0 Å². The number of imidazole rings is 1. The Morgan fingerprint density at radius 2 is 1.84 bits per heavy atom. The first-order chi connectivity index (χ1) is 15.7. The molecule has 1 aliphatic rings. The molecule has 0 amide bonds. The summed E-state index contributed by atoms with van der Waals surface area (Å²) in [6, 6.07) is 10.2. The van der Waals surface area contributed by atoms with Crippen LogP contribution in [-0.4, -0.2) is 36.0 Å². The van der Waals surface area contributed by atoms with Gasteiger partial charge >= 0.3 is 0 Å². The molecule has 5 N–H and O–H groups in total. The van der Waals surface area contributed by atoms with Gasteiger partial charge in [0, 0.05) is 31.4 Å². The summed E-state index contributed by atoms with van der Waals surface area (Å²) in [7, 11) is 0. The Morgan fingerprint density at radius 3 is 2.56 bits per heavy atom. The van der Waals surface area contributed by atoms with E-state index in [-0.39, 0.29) is 5.95 Å². The van der Waals surface area contributed by atoms with Crippen LogP contribution in [0.25, 0.3) is 22.6 Å². The standard InChI is InChI=1S/C23H27N9/c24-11-10-19-29-20-21(30-23(25)31-22(20)32(19)16-5-1-2-6-16)28-14-15-8-9-18(27-13-15)17-7-3-4-12-26-17/h3-4,7-9,12-13,16H,1-2,5-6,10-11,14,24H2,(H3,25,28,30,31). The van der Waals surface area contributed by atoms with Crippen LogP contribution in [-0.2, 0) is 13.0 Å². The summed E-state index contributed by atoms with van der Waals surface area (Å²) in [4.78, 5) is 22.8. The smallest absolute Gasteiger partial charge is 0.224 e. The summed E-state index contributed by atoms with van der Waals surface area (Å²) in [5.41, 5.74) is 16.2. The van der Waals surface area contributed by atoms with E-state index in [1.807, 2.05) is 36.5 Å². The van der Waals surface area contributed by atoms with Crippen LogP contribution < -0.4 is 16.8 Å². The van der Waals surface area contributed by atoms with E-state index in [0.717, 1.165) is 46.8 Å². The van der Waals surface area contributed by atoms with E-state index in [9.17, 15) is 0 Å². The summed E-state index contributed by atoms with van der Waals surface area (Å²) in [5, 5.41) is 3.38. The molecule has 9 heteroatoms. The average molecular weight is 430 g/mol. The van der Waals surface area contributed by atoms with Gasteiger partial charge in [0.2, 0.25) is 5.95 Å². The lowest BCUT2D eigenvalue weighted by Crippen LogP contribution is -2.14. The van der Waals surface area contributed by atoms with E-state index >= 15 is 0 Å². The molecule has 4 aromatic heterocycles. The molecule has 0 unspecified atom stereocenters. The molecule has 1 saturated carbocycles. The van der Waals surface area contributed by atoms with Crippen LogP contribution in [0, 0.1) is 0 Å². The number of hydrogen-bond acceptors (Lipinski definition) is 8. The fourth-order valence-electron chi connectivity index (χ4n) is 4.39. The molecule has 1 aliphatic carbocycles. The van der Waals surface area contributed by atoms with Gasteiger partial charge in [-0.05, 0) is 43.1 Å². The second kappa shape index (κ2) is 8.88. The van der Waals surface area contributed by atoms with Gasteiger partial charge in [0.25, 0.3) is 0 Å². The maximum absolute atomic E-state index is 6.08. The third kappa shape index (κ3) is 3.99. The zero-order valence-corrected chi connectivity index (χ0v) is 17.9. The number of rotatable bonds is 7. The lowest BCUT2D eigenvalue weighted by Gasteiger charge is -2.15. The van der Waals surface area contributed by atoms with E-state index in [0.29, 0.717) is 31.4 Å². The van der Waals surface area contributed by atoms with E-state index < -0.39 is 0 Å². The SMILES string of the molecule is NCCc1nc2c(NCc3ccc(-c4ccccn4)nc3)nc(N)nc2n1C1CCCC1. The second-order valence-electron chi connectivity index (χ2n) is 8.10. The van der Waals surface area contributed by atoms with Gasteiger partial charge in [-0.1, -0.05) is 25.0 Å². The Bertz CT molecular complexity index is 1200. The molecule has 0 aromatic carbocycles. The normalized spacial score (nSPS) is 14.3. The lowest BCUT2D eigenvalue weighted by molar-refractivity contribution is 0.507. The maximum Gasteiger partial charge on any atom is 0.224 e. The molecule has 0 spiro atoms. The lowest BCUT2D eigenvalue weighted by atomic mass is 10.2. The van der Waals surface area contributed by atoms with E-state index in [1.165, 1.54) is 12.8 Å². The first-order valence-electron chi connectivity index (χ1n) is 11.1. The largest absolute Gasteiger partial charge is 0.368 e. The molecule has 5 rings (SSSR count). The maximum atomic E-state index is 6.08. The molecular formula is C23H27N9.